The third-order valence-electron chi connectivity index (χ3n) is 2.80. The molecule has 98 valence electrons. The number of carbonyl (C=O) groups is 1. The van der Waals surface area contributed by atoms with Crippen molar-refractivity contribution >= 4 is 27.5 Å². The number of hydrogen-bond donors (Lipinski definition) is 1. The zero-order valence-electron chi connectivity index (χ0n) is 10.6. The first-order valence-electron chi connectivity index (χ1n) is 5.81. The number of aryl methyl sites for hydroxylation is 2. The first-order chi connectivity index (χ1) is 8.97. The van der Waals surface area contributed by atoms with Crippen LogP contribution in [0.15, 0.2) is 40.9 Å². The Bertz CT molecular complexity index is 640. The summed E-state index contributed by atoms with van der Waals surface area (Å²) < 4.78 is 14.6. The van der Waals surface area contributed by atoms with Gasteiger partial charge in [0.15, 0.2) is 0 Å². The first kappa shape index (κ1) is 13.7. The summed E-state index contributed by atoms with van der Waals surface area (Å²) in [4.78, 5) is 12.0. The minimum absolute atomic E-state index is 0.0438. The second-order valence-electron chi connectivity index (χ2n) is 4.40. The summed E-state index contributed by atoms with van der Waals surface area (Å²) in [6, 6.07) is 10.0. The van der Waals surface area contributed by atoms with Gasteiger partial charge >= 0.3 is 0 Å². The molecule has 2 nitrogen and oxygen atoms in total. The highest BCUT2D eigenvalue weighted by Gasteiger charge is 2.12. The molecule has 0 aliphatic carbocycles. The van der Waals surface area contributed by atoms with Gasteiger partial charge in [0.25, 0.3) is 5.91 Å². The maximum absolute atomic E-state index is 13.7. The fraction of sp³-hybridized carbons (Fsp3) is 0.133. The van der Waals surface area contributed by atoms with Crippen LogP contribution in [0.4, 0.5) is 10.1 Å². The van der Waals surface area contributed by atoms with E-state index < -0.39 is 11.7 Å². The Morgan fingerprint density at radius 1 is 1.16 bits per heavy atom. The van der Waals surface area contributed by atoms with Crippen LogP contribution >= 0.6 is 15.9 Å². The van der Waals surface area contributed by atoms with Gasteiger partial charge in [-0.3, -0.25) is 4.79 Å². The van der Waals surface area contributed by atoms with Gasteiger partial charge < -0.3 is 5.32 Å². The van der Waals surface area contributed by atoms with Gasteiger partial charge in [-0.05, 0) is 49.2 Å². The maximum atomic E-state index is 13.7. The number of benzene rings is 2. The average molecular weight is 322 g/mol. The Labute approximate surface area is 119 Å². The van der Waals surface area contributed by atoms with E-state index in [9.17, 15) is 9.18 Å². The standard InChI is InChI=1S/C15H13BrFNO/c1-9-3-6-12(14(17)7-9)15(19)18-11-5-4-10(2)13(16)8-11/h3-8H,1-2H3,(H,18,19). The van der Waals surface area contributed by atoms with Crippen molar-refractivity contribution in [2.45, 2.75) is 13.8 Å². The third kappa shape index (κ3) is 3.20. The van der Waals surface area contributed by atoms with E-state index in [1.165, 1.54) is 12.1 Å². The normalized spacial score (nSPS) is 10.3. The number of anilines is 1. The van der Waals surface area contributed by atoms with Crippen molar-refractivity contribution in [1.82, 2.24) is 0 Å². The predicted octanol–water partition coefficient (Wildman–Crippen LogP) is 4.46. The highest BCUT2D eigenvalue weighted by atomic mass is 79.9. The lowest BCUT2D eigenvalue weighted by Gasteiger charge is -2.08. The summed E-state index contributed by atoms with van der Waals surface area (Å²) in [5.74, 6) is -0.961. The molecule has 0 aliphatic rings. The summed E-state index contributed by atoms with van der Waals surface area (Å²) >= 11 is 3.39. The molecule has 0 fully saturated rings. The van der Waals surface area contributed by atoms with Crippen LogP contribution in [-0.2, 0) is 0 Å². The summed E-state index contributed by atoms with van der Waals surface area (Å²) in [7, 11) is 0. The van der Waals surface area contributed by atoms with Crippen LogP contribution in [0.1, 0.15) is 21.5 Å². The van der Waals surface area contributed by atoms with E-state index in [4.69, 9.17) is 0 Å². The predicted molar refractivity (Wildman–Crippen MR) is 78.0 cm³/mol. The molecule has 0 unspecified atom stereocenters. The van der Waals surface area contributed by atoms with Crippen molar-refractivity contribution in [3.8, 4) is 0 Å². The third-order valence-corrected chi connectivity index (χ3v) is 3.65. The van der Waals surface area contributed by atoms with Crippen molar-refractivity contribution in [1.29, 1.82) is 0 Å². The molecule has 0 aliphatic heterocycles. The molecule has 0 aromatic heterocycles. The second-order valence-corrected chi connectivity index (χ2v) is 5.26. The second kappa shape index (κ2) is 5.53. The van der Waals surface area contributed by atoms with E-state index in [2.05, 4.69) is 21.2 Å². The Morgan fingerprint density at radius 2 is 1.89 bits per heavy atom. The van der Waals surface area contributed by atoms with Gasteiger partial charge in [-0.15, -0.1) is 0 Å². The van der Waals surface area contributed by atoms with Crippen LogP contribution in [0.25, 0.3) is 0 Å². The van der Waals surface area contributed by atoms with Crippen LogP contribution in [0.2, 0.25) is 0 Å². The molecule has 0 saturated heterocycles. The van der Waals surface area contributed by atoms with E-state index in [0.29, 0.717) is 5.69 Å². The SMILES string of the molecule is Cc1ccc(C(=O)Nc2ccc(C)c(Br)c2)c(F)c1. The zero-order chi connectivity index (χ0) is 14.0. The quantitative estimate of drug-likeness (QED) is 0.869. The molecule has 2 aromatic rings. The fourth-order valence-electron chi connectivity index (χ4n) is 1.67. The molecule has 4 heteroatoms. The topological polar surface area (TPSA) is 29.1 Å². The molecule has 1 N–H and O–H groups in total. The Morgan fingerprint density at radius 3 is 2.53 bits per heavy atom. The minimum atomic E-state index is -0.510. The van der Waals surface area contributed by atoms with E-state index >= 15 is 0 Å². The van der Waals surface area contributed by atoms with Crippen LogP contribution in [-0.4, -0.2) is 5.91 Å². The number of nitrogens with one attached hydrogen (secondary N) is 1. The molecular formula is C15H13BrFNO. The maximum Gasteiger partial charge on any atom is 0.258 e. The van der Waals surface area contributed by atoms with Crippen LogP contribution in [0.3, 0.4) is 0 Å². The smallest absolute Gasteiger partial charge is 0.258 e. The number of rotatable bonds is 2. The van der Waals surface area contributed by atoms with Gasteiger partial charge in [0.1, 0.15) is 5.82 Å². The van der Waals surface area contributed by atoms with Crippen molar-refractivity contribution in [3.05, 3.63) is 63.4 Å². The van der Waals surface area contributed by atoms with Gasteiger partial charge in [0.2, 0.25) is 0 Å². The van der Waals surface area contributed by atoms with E-state index in [1.807, 2.05) is 13.0 Å². The van der Waals surface area contributed by atoms with Crippen molar-refractivity contribution < 1.29 is 9.18 Å². The van der Waals surface area contributed by atoms with Gasteiger partial charge in [0.05, 0.1) is 5.56 Å². The van der Waals surface area contributed by atoms with E-state index in [-0.39, 0.29) is 5.56 Å². The van der Waals surface area contributed by atoms with Crippen LogP contribution in [0, 0.1) is 19.7 Å². The van der Waals surface area contributed by atoms with Crippen LogP contribution < -0.4 is 5.32 Å². The molecule has 0 saturated carbocycles. The Balaban J connectivity index is 2.23. The average Bonchev–Trinajstić information content (AvgIpc) is 2.33. The molecule has 19 heavy (non-hydrogen) atoms. The fourth-order valence-corrected chi connectivity index (χ4v) is 2.05. The van der Waals surface area contributed by atoms with Crippen LogP contribution in [0.5, 0.6) is 0 Å². The largest absolute Gasteiger partial charge is 0.322 e. The zero-order valence-corrected chi connectivity index (χ0v) is 12.2. The molecule has 0 bridgehead atoms. The van der Waals surface area contributed by atoms with Crippen molar-refractivity contribution in [2.24, 2.45) is 0 Å². The summed E-state index contributed by atoms with van der Waals surface area (Å²) in [5.41, 5.74) is 2.52. The monoisotopic (exact) mass is 321 g/mol. The van der Waals surface area contributed by atoms with Gasteiger partial charge in [-0.25, -0.2) is 4.39 Å². The van der Waals surface area contributed by atoms with E-state index in [0.717, 1.165) is 15.6 Å². The summed E-state index contributed by atoms with van der Waals surface area (Å²) in [6.07, 6.45) is 0. The summed E-state index contributed by atoms with van der Waals surface area (Å²) in [5, 5.41) is 2.68. The molecule has 0 heterocycles. The summed E-state index contributed by atoms with van der Waals surface area (Å²) in [6.45, 7) is 3.73. The highest BCUT2D eigenvalue weighted by Crippen LogP contribution is 2.21. The Kier molecular flexibility index (Phi) is 4.00. The number of amides is 1. The van der Waals surface area contributed by atoms with E-state index in [1.54, 1.807) is 25.1 Å². The lowest BCUT2D eigenvalue weighted by molar-refractivity contribution is 0.102. The Hall–Kier alpha value is -1.68. The van der Waals surface area contributed by atoms with Gasteiger partial charge in [0, 0.05) is 10.2 Å². The highest BCUT2D eigenvalue weighted by molar-refractivity contribution is 9.10. The van der Waals surface area contributed by atoms with Gasteiger partial charge in [-0.2, -0.15) is 0 Å². The molecule has 2 rings (SSSR count). The molecular weight excluding hydrogens is 309 g/mol. The van der Waals surface area contributed by atoms with Gasteiger partial charge in [-0.1, -0.05) is 28.1 Å². The number of halogens is 2. The minimum Gasteiger partial charge on any atom is -0.322 e. The molecule has 0 atom stereocenters. The molecule has 0 radical (unpaired) electrons. The lowest BCUT2D eigenvalue weighted by atomic mass is 10.1. The number of hydrogen-bond acceptors (Lipinski definition) is 1. The van der Waals surface area contributed by atoms with Crippen molar-refractivity contribution in [2.75, 3.05) is 5.32 Å². The molecule has 0 spiro atoms. The first-order valence-corrected chi connectivity index (χ1v) is 6.60. The lowest BCUT2D eigenvalue weighted by Crippen LogP contribution is -2.13. The van der Waals surface area contributed by atoms with Crippen molar-refractivity contribution in [3.63, 3.8) is 0 Å². The molecule has 2 aromatic carbocycles. The molecule has 1 amide bonds. The number of carbonyl (C=O) groups excluding carboxylic acids is 1.